The fourth-order valence-electron chi connectivity index (χ4n) is 2.63. The molecular formula is C20H20FN5O3. The summed E-state index contributed by atoms with van der Waals surface area (Å²) in [4.78, 5) is 23.9. The van der Waals surface area contributed by atoms with Crippen LogP contribution in [0.1, 0.15) is 21.6 Å². The number of benzene rings is 2. The van der Waals surface area contributed by atoms with E-state index in [1.54, 1.807) is 38.3 Å². The normalized spacial score (nSPS) is 10.4. The van der Waals surface area contributed by atoms with Crippen molar-refractivity contribution in [3.63, 3.8) is 0 Å². The van der Waals surface area contributed by atoms with Gasteiger partial charge in [0.1, 0.15) is 11.6 Å². The van der Waals surface area contributed by atoms with Crippen LogP contribution in [-0.4, -0.2) is 28.8 Å². The smallest absolute Gasteiger partial charge is 0.316 e. The number of rotatable bonds is 6. The number of amides is 3. The summed E-state index contributed by atoms with van der Waals surface area (Å²) in [5, 5.41) is 9.29. The Bertz CT molecular complexity index is 1050. The summed E-state index contributed by atoms with van der Waals surface area (Å²) in [6.07, 6.45) is 1.40. The van der Waals surface area contributed by atoms with E-state index in [1.807, 2.05) is 12.1 Å². The Morgan fingerprint density at radius 1 is 1.21 bits per heavy atom. The van der Waals surface area contributed by atoms with Crippen LogP contribution in [0.15, 0.2) is 48.7 Å². The van der Waals surface area contributed by atoms with E-state index >= 15 is 0 Å². The summed E-state index contributed by atoms with van der Waals surface area (Å²) in [5.41, 5.74) is 6.99. The number of methoxy groups -OCH3 is 1. The van der Waals surface area contributed by atoms with Crippen LogP contribution in [0, 0.1) is 12.7 Å². The lowest BCUT2D eigenvalue weighted by Gasteiger charge is -2.06. The molecule has 3 amide bonds. The largest absolute Gasteiger partial charge is 0.497 e. The molecule has 0 saturated heterocycles. The first-order chi connectivity index (χ1) is 13.9. The Labute approximate surface area is 166 Å². The van der Waals surface area contributed by atoms with Crippen molar-refractivity contribution in [1.29, 1.82) is 0 Å². The molecule has 0 aliphatic carbocycles. The molecule has 1 heterocycles. The molecule has 0 fully saturated rings. The molecule has 0 atom stereocenters. The fraction of sp³-hybridized carbons (Fsp3) is 0.150. The Morgan fingerprint density at radius 3 is 2.55 bits per heavy atom. The van der Waals surface area contributed by atoms with E-state index in [2.05, 4.69) is 15.7 Å². The van der Waals surface area contributed by atoms with Gasteiger partial charge in [-0.3, -0.25) is 4.79 Å². The minimum absolute atomic E-state index is 0.0432. The molecule has 1 aromatic heterocycles. The van der Waals surface area contributed by atoms with Crippen LogP contribution in [-0.2, 0) is 6.54 Å². The van der Waals surface area contributed by atoms with Gasteiger partial charge in [-0.2, -0.15) is 5.10 Å². The number of carbonyl (C=O) groups is 2. The number of aromatic nitrogens is 2. The van der Waals surface area contributed by atoms with Crippen LogP contribution in [0.25, 0.3) is 5.69 Å². The van der Waals surface area contributed by atoms with E-state index in [-0.39, 0.29) is 17.9 Å². The van der Waals surface area contributed by atoms with Gasteiger partial charge < -0.3 is 21.1 Å². The first kappa shape index (κ1) is 19.9. The average Bonchev–Trinajstić information content (AvgIpc) is 3.11. The summed E-state index contributed by atoms with van der Waals surface area (Å²) >= 11 is 0. The topological polar surface area (TPSA) is 111 Å². The van der Waals surface area contributed by atoms with Crippen molar-refractivity contribution in [2.75, 3.05) is 12.4 Å². The van der Waals surface area contributed by atoms with Gasteiger partial charge in [-0.15, -0.1) is 0 Å². The third kappa shape index (κ3) is 4.70. The minimum atomic E-state index is -0.844. The van der Waals surface area contributed by atoms with Gasteiger partial charge in [0.25, 0.3) is 5.91 Å². The quantitative estimate of drug-likeness (QED) is 0.594. The Kier molecular flexibility index (Phi) is 5.77. The monoisotopic (exact) mass is 397 g/mol. The molecule has 0 spiro atoms. The molecule has 8 nitrogen and oxygen atoms in total. The van der Waals surface area contributed by atoms with Gasteiger partial charge in [-0.25, -0.2) is 13.9 Å². The number of ether oxygens (including phenoxy) is 1. The number of anilines is 1. The van der Waals surface area contributed by atoms with Crippen molar-refractivity contribution in [2.45, 2.75) is 13.5 Å². The van der Waals surface area contributed by atoms with Gasteiger partial charge in [-0.1, -0.05) is 18.2 Å². The summed E-state index contributed by atoms with van der Waals surface area (Å²) in [5.74, 6) is -0.221. The van der Waals surface area contributed by atoms with Gasteiger partial charge in [0.15, 0.2) is 5.69 Å². The van der Waals surface area contributed by atoms with E-state index in [9.17, 15) is 14.0 Å². The highest BCUT2D eigenvalue weighted by molar-refractivity contribution is 6.01. The molecule has 4 N–H and O–H groups in total. The van der Waals surface area contributed by atoms with Crippen LogP contribution in [0.4, 0.5) is 14.9 Å². The Morgan fingerprint density at radius 2 is 1.93 bits per heavy atom. The number of nitrogens with one attached hydrogen (secondary N) is 2. The molecule has 2 aromatic carbocycles. The standard InChI is InChI=1S/C20H20FN5O3/c1-12-3-6-14(9-16(12)21)26-11-17(24-20(22)28)18(25-26)19(27)23-10-13-4-7-15(29-2)8-5-13/h3-9,11H,10H2,1-2H3,(H,23,27)(H3,22,24,28). The van der Waals surface area contributed by atoms with Crippen molar-refractivity contribution >= 4 is 17.6 Å². The maximum absolute atomic E-state index is 13.9. The van der Waals surface area contributed by atoms with Crippen LogP contribution >= 0.6 is 0 Å². The molecule has 150 valence electrons. The molecule has 3 aromatic rings. The van der Waals surface area contributed by atoms with Crippen molar-refractivity contribution in [2.24, 2.45) is 5.73 Å². The molecule has 0 aliphatic rings. The molecule has 3 rings (SSSR count). The Hall–Kier alpha value is -3.88. The Balaban J connectivity index is 1.83. The lowest BCUT2D eigenvalue weighted by Crippen LogP contribution is -2.26. The van der Waals surface area contributed by atoms with Crippen LogP contribution in [0.2, 0.25) is 0 Å². The average molecular weight is 397 g/mol. The predicted octanol–water partition coefficient (Wildman–Crippen LogP) is 2.75. The number of hydrogen-bond acceptors (Lipinski definition) is 4. The van der Waals surface area contributed by atoms with Gasteiger partial charge in [-0.05, 0) is 42.3 Å². The molecule has 29 heavy (non-hydrogen) atoms. The van der Waals surface area contributed by atoms with Crippen molar-refractivity contribution in [3.8, 4) is 11.4 Å². The van der Waals surface area contributed by atoms with Crippen molar-refractivity contribution in [3.05, 3.63) is 71.3 Å². The number of nitrogens with zero attached hydrogens (tertiary/aromatic N) is 2. The van der Waals surface area contributed by atoms with Gasteiger partial charge in [0.2, 0.25) is 0 Å². The van der Waals surface area contributed by atoms with E-state index in [0.29, 0.717) is 17.0 Å². The third-order valence-corrected chi connectivity index (χ3v) is 4.22. The zero-order valence-electron chi connectivity index (χ0n) is 15.9. The first-order valence-corrected chi connectivity index (χ1v) is 8.71. The molecule has 0 radical (unpaired) electrons. The molecular weight excluding hydrogens is 377 g/mol. The second-order valence-electron chi connectivity index (χ2n) is 6.29. The molecule has 0 saturated carbocycles. The van der Waals surface area contributed by atoms with Crippen LogP contribution in [0.3, 0.4) is 0 Å². The van der Waals surface area contributed by atoms with E-state index < -0.39 is 17.8 Å². The molecule has 9 heteroatoms. The summed E-state index contributed by atoms with van der Waals surface area (Å²) in [6.45, 7) is 1.88. The SMILES string of the molecule is COc1ccc(CNC(=O)c2nn(-c3ccc(C)c(F)c3)cc2NC(N)=O)cc1. The number of aryl methyl sites for hydroxylation is 1. The van der Waals surface area contributed by atoms with E-state index in [0.717, 1.165) is 5.56 Å². The highest BCUT2D eigenvalue weighted by Crippen LogP contribution is 2.19. The number of hydrogen-bond donors (Lipinski definition) is 3. The summed E-state index contributed by atoms with van der Waals surface area (Å²) in [6, 6.07) is 10.9. The minimum Gasteiger partial charge on any atom is -0.497 e. The number of urea groups is 1. The maximum Gasteiger partial charge on any atom is 0.316 e. The number of carbonyl (C=O) groups excluding carboxylic acids is 2. The van der Waals surface area contributed by atoms with Crippen molar-refractivity contribution in [1.82, 2.24) is 15.1 Å². The second-order valence-corrected chi connectivity index (χ2v) is 6.29. The fourth-order valence-corrected chi connectivity index (χ4v) is 2.63. The highest BCUT2D eigenvalue weighted by atomic mass is 19.1. The lowest BCUT2D eigenvalue weighted by atomic mass is 10.2. The number of primary amides is 1. The highest BCUT2D eigenvalue weighted by Gasteiger charge is 2.19. The summed E-state index contributed by atoms with van der Waals surface area (Å²) < 4.78 is 20.3. The van der Waals surface area contributed by atoms with Crippen LogP contribution in [0.5, 0.6) is 5.75 Å². The van der Waals surface area contributed by atoms with E-state index in [1.165, 1.54) is 16.9 Å². The molecule has 0 unspecified atom stereocenters. The zero-order valence-corrected chi connectivity index (χ0v) is 15.9. The van der Waals surface area contributed by atoms with E-state index in [4.69, 9.17) is 10.5 Å². The zero-order chi connectivity index (χ0) is 21.0. The van der Waals surface area contributed by atoms with Crippen LogP contribution < -0.4 is 21.1 Å². The third-order valence-electron chi connectivity index (χ3n) is 4.22. The molecule has 0 bridgehead atoms. The van der Waals surface area contributed by atoms with Crippen molar-refractivity contribution < 1.29 is 18.7 Å². The lowest BCUT2D eigenvalue weighted by molar-refractivity contribution is 0.0946. The number of nitrogens with two attached hydrogens (primary N) is 1. The first-order valence-electron chi connectivity index (χ1n) is 8.71. The van der Waals surface area contributed by atoms with Gasteiger partial charge >= 0.3 is 6.03 Å². The second kappa shape index (κ2) is 8.42. The van der Waals surface area contributed by atoms with Gasteiger partial charge in [0, 0.05) is 6.54 Å². The van der Waals surface area contributed by atoms with Gasteiger partial charge in [0.05, 0.1) is 24.7 Å². The maximum atomic E-state index is 13.9. The summed E-state index contributed by atoms with van der Waals surface area (Å²) in [7, 11) is 1.57. The number of halogens is 1. The molecule has 0 aliphatic heterocycles. The predicted molar refractivity (Wildman–Crippen MR) is 106 cm³/mol.